The Morgan fingerprint density at radius 1 is 1.15 bits per heavy atom. The fraction of sp³-hybridized carbons (Fsp3) is 0.179. The summed E-state index contributed by atoms with van der Waals surface area (Å²) >= 11 is 3.05. The zero-order valence-electron chi connectivity index (χ0n) is 21.4. The van der Waals surface area contributed by atoms with Gasteiger partial charge in [-0.2, -0.15) is 13.2 Å². The highest BCUT2D eigenvalue weighted by molar-refractivity contribution is 7.81. The number of pyridine rings is 1. The number of aryl methyl sites for hydroxylation is 1. The van der Waals surface area contributed by atoms with Crippen LogP contribution in [-0.2, 0) is 35.0 Å². The SMILES string of the molecule is CCc1nc2cc(C(F)(F)F)c(Cl)cc2n1-c1ccc(CCOC(=O)N(c2cccc3cnccc23)S(=O)[O-])cc1. The minimum Gasteiger partial charge on any atom is -0.755 e. The lowest BCUT2D eigenvalue weighted by Crippen LogP contribution is -2.33. The number of nitrogens with zero attached hydrogens (tertiary/aromatic N) is 4. The zero-order valence-corrected chi connectivity index (χ0v) is 23.0. The quantitative estimate of drug-likeness (QED) is 0.190. The van der Waals surface area contributed by atoms with Crippen LogP contribution in [0.5, 0.6) is 0 Å². The number of fused-ring (bicyclic) bond motifs is 2. The Morgan fingerprint density at radius 3 is 2.59 bits per heavy atom. The van der Waals surface area contributed by atoms with Crippen LogP contribution in [0.4, 0.5) is 23.7 Å². The number of hydrogen-bond donors (Lipinski definition) is 0. The topological polar surface area (TPSA) is 100 Å². The van der Waals surface area contributed by atoms with Crippen molar-refractivity contribution in [3.8, 4) is 5.69 Å². The molecular weight excluding hydrogens is 581 g/mol. The molecule has 0 saturated carbocycles. The second kappa shape index (κ2) is 11.5. The van der Waals surface area contributed by atoms with Crippen molar-refractivity contribution in [1.82, 2.24) is 14.5 Å². The maximum Gasteiger partial charge on any atom is 0.425 e. The van der Waals surface area contributed by atoms with Gasteiger partial charge in [0.2, 0.25) is 0 Å². The summed E-state index contributed by atoms with van der Waals surface area (Å²) in [5.74, 6) is 0.562. The summed E-state index contributed by atoms with van der Waals surface area (Å²) in [6.45, 7) is 1.75. The monoisotopic (exact) mass is 601 g/mol. The Balaban J connectivity index is 1.32. The first kappa shape index (κ1) is 28.5. The molecule has 1 atom stereocenters. The molecule has 3 aromatic carbocycles. The van der Waals surface area contributed by atoms with E-state index in [4.69, 9.17) is 16.3 Å². The summed E-state index contributed by atoms with van der Waals surface area (Å²) < 4.78 is 71.4. The minimum absolute atomic E-state index is 0.0950. The number of rotatable bonds is 7. The molecule has 41 heavy (non-hydrogen) atoms. The molecule has 2 aromatic heterocycles. The molecule has 0 fully saturated rings. The highest BCUT2D eigenvalue weighted by Gasteiger charge is 2.34. The van der Waals surface area contributed by atoms with Crippen LogP contribution < -0.4 is 4.31 Å². The van der Waals surface area contributed by atoms with Crippen LogP contribution in [-0.4, -0.2) is 36.0 Å². The maximum atomic E-state index is 13.3. The van der Waals surface area contributed by atoms with Crippen LogP contribution in [0.25, 0.3) is 27.5 Å². The molecule has 1 unspecified atom stereocenters. The number of amides is 1. The van der Waals surface area contributed by atoms with Crippen LogP contribution in [0.2, 0.25) is 5.02 Å². The van der Waals surface area contributed by atoms with E-state index in [1.165, 1.54) is 18.3 Å². The summed E-state index contributed by atoms with van der Waals surface area (Å²) in [4.78, 5) is 21.1. The van der Waals surface area contributed by atoms with E-state index < -0.39 is 34.1 Å². The molecule has 0 N–H and O–H groups in total. The van der Waals surface area contributed by atoms with Gasteiger partial charge in [-0.1, -0.05) is 42.8 Å². The molecule has 0 aliphatic rings. The maximum absolute atomic E-state index is 13.3. The number of alkyl halides is 3. The summed E-state index contributed by atoms with van der Waals surface area (Å²) in [5, 5.41) is 0.766. The second-order valence-electron chi connectivity index (χ2n) is 8.95. The van der Waals surface area contributed by atoms with E-state index in [0.29, 0.717) is 38.5 Å². The summed E-state index contributed by atoms with van der Waals surface area (Å²) in [6, 6.07) is 15.8. The summed E-state index contributed by atoms with van der Waals surface area (Å²) in [6.07, 6.45) is -1.83. The van der Waals surface area contributed by atoms with E-state index in [1.54, 1.807) is 53.2 Å². The molecular formula is C28H21ClF3N4O4S-. The van der Waals surface area contributed by atoms with Gasteiger partial charge in [-0.15, -0.1) is 0 Å². The van der Waals surface area contributed by atoms with Gasteiger partial charge in [0.05, 0.1) is 45.2 Å². The Labute approximate surface area is 239 Å². The van der Waals surface area contributed by atoms with Gasteiger partial charge in [0.1, 0.15) is 5.82 Å². The van der Waals surface area contributed by atoms with Crippen molar-refractivity contribution in [2.45, 2.75) is 25.9 Å². The van der Waals surface area contributed by atoms with Crippen LogP contribution in [0, 0.1) is 0 Å². The third-order valence-corrected chi connectivity index (χ3v) is 7.39. The molecule has 1 amide bonds. The molecule has 13 heteroatoms. The predicted octanol–water partition coefficient (Wildman–Crippen LogP) is 6.79. The number of anilines is 1. The molecule has 5 aromatic rings. The van der Waals surface area contributed by atoms with Gasteiger partial charge in [-0.3, -0.25) is 13.8 Å². The molecule has 212 valence electrons. The van der Waals surface area contributed by atoms with Gasteiger partial charge < -0.3 is 9.29 Å². The number of carbonyl (C=O) groups excluding carboxylic acids is 1. The van der Waals surface area contributed by atoms with Gasteiger partial charge in [0, 0.05) is 41.7 Å². The number of aromatic nitrogens is 3. The predicted molar refractivity (Wildman–Crippen MR) is 149 cm³/mol. The highest BCUT2D eigenvalue weighted by atomic mass is 35.5. The van der Waals surface area contributed by atoms with Gasteiger partial charge >= 0.3 is 12.3 Å². The van der Waals surface area contributed by atoms with Crippen molar-refractivity contribution < 1.29 is 31.5 Å². The standard InChI is InChI=1S/C28H22ClF3N4O4S/c1-2-26-34-23-14-21(28(30,31)32)22(29)15-25(23)35(26)19-8-6-17(7-9-19)11-13-40-27(37)36(41(38)39)24-5-3-4-18-16-33-12-10-20(18)24/h3-10,12,14-16H,2,11,13H2,1H3,(H,38,39)/p-1. The molecule has 0 aliphatic heterocycles. The fourth-order valence-electron chi connectivity index (χ4n) is 4.54. The lowest BCUT2D eigenvalue weighted by atomic mass is 10.1. The van der Waals surface area contributed by atoms with Crippen molar-refractivity contribution in [3.63, 3.8) is 0 Å². The average Bonchev–Trinajstić information content (AvgIpc) is 3.30. The van der Waals surface area contributed by atoms with Crippen molar-refractivity contribution in [1.29, 1.82) is 0 Å². The van der Waals surface area contributed by atoms with E-state index in [2.05, 4.69) is 9.97 Å². The first-order valence-electron chi connectivity index (χ1n) is 12.3. The smallest absolute Gasteiger partial charge is 0.425 e. The second-order valence-corrected chi connectivity index (χ2v) is 10.2. The Kier molecular flexibility index (Phi) is 7.98. The molecule has 2 heterocycles. The lowest BCUT2D eigenvalue weighted by molar-refractivity contribution is -0.137. The Hall–Kier alpha value is -4.00. The number of hydrogen-bond acceptors (Lipinski definition) is 6. The zero-order chi connectivity index (χ0) is 29.3. The Bertz CT molecular complexity index is 1770. The molecule has 8 nitrogen and oxygen atoms in total. The van der Waals surface area contributed by atoms with E-state index in [9.17, 15) is 26.7 Å². The van der Waals surface area contributed by atoms with Gasteiger partial charge in [0.15, 0.2) is 0 Å². The van der Waals surface area contributed by atoms with Crippen molar-refractivity contribution in [3.05, 3.63) is 95.0 Å². The number of ether oxygens (including phenoxy) is 1. The highest BCUT2D eigenvalue weighted by Crippen LogP contribution is 2.38. The summed E-state index contributed by atoms with van der Waals surface area (Å²) in [5.41, 5.74) is 1.27. The lowest BCUT2D eigenvalue weighted by Gasteiger charge is -2.24. The largest absolute Gasteiger partial charge is 0.755 e. The third kappa shape index (κ3) is 5.76. The van der Waals surface area contributed by atoms with E-state index in [-0.39, 0.29) is 24.2 Å². The van der Waals surface area contributed by atoms with E-state index in [0.717, 1.165) is 11.6 Å². The van der Waals surface area contributed by atoms with E-state index >= 15 is 0 Å². The number of halogens is 4. The summed E-state index contributed by atoms with van der Waals surface area (Å²) in [7, 11) is 0. The van der Waals surface area contributed by atoms with Gasteiger partial charge in [-0.25, -0.2) is 14.1 Å². The first-order chi connectivity index (χ1) is 19.6. The number of imidazole rings is 1. The van der Waals surface area contributed by atoms with Crippen molar-refractivity contribution in [2.24, 2.45) is 0 Å². The molecule has 0 saturated heterocycles. The normalized spacial score (nSPS) is 12.5. The first-order valence-corrected chi connectivity index (χ1v) is 13.8. The van der Waals surface area contributed by atoms with Crippen LogP contribution in [0.1, 0.15) is 23.9 Å². The van der Waals surface area contributed by atoms with E-state index in [1.807, 2.05) is 6.92 Å². The third-order valence-electron chi connectivity index (χ3n) is 6.44. The van der Waals surface area contributed by atoms with Crippen LogP contribution in [0.15, 0.2) is 73.1 Å². The van der Waals surface area contributed by atoms with Crippen molar-refractivity contribution in [2.75, 3.05) is 10.9 Å². The van der Waals surface area contributed by atoms with Gasteiger partial charge in [-0.05, 0) is 42.0 Å². The Morgan fingerprint density at radius 2 is 1.90 bits per heavy atom. The van der Waals surface area contributed by atoms with Crippen molar-refractivity contribution >= 4 is 56.5 Å². The van der Waals surface area contributed by atoms with Crippen LogP contribution in [0.3, 0.4) is 0 Å². The molecule has 5 rings (SSSR count). The molecule has 0 bridgehead atoms. The van der Waals surface area contributed by atoms with Gasteiger partial charge in [0.25, 0.3) is 0 Å². The fourth-order valence-corrected chi connectivity index (χ4v) is 5.30. The number of benzene rings is 3. The average molecular weight is 602 g/mol. The van der Waals surface area contributed by atoms with Crippen LogP contribution >= 0.6 is 11.6 Å². The number of carbonyl (C=O) groups is 1. The minimum atomic E-state index is -4.60. The molecule has 0 aliphatic carbocycles. The molecule has 0 spiro atoms. The molecule has 0 radical (unpaired) electrons.